The van der Waals surface area contributed by atoms with Crippen molar-refractivity contribution in [3.05, 3.63) is 119 Å². The van der Waals surface area contributed by atoms with Crippen molar-refractivity contribution in [2.24, 2.45) is 0 Å². The topological polar surface area (TPSA) is 97.7 Å². The molecule has 0 aliphatic carbocycles. The zero-order valence-corrected chi connectivity index (χ0v) is 35.4. The van der Waals surface area contributed by atoms with Gasteiger partial charge in [0.05, 0.1) is 13.2 Å². The van der Waals surface area contributed by atoms with Gasteiger partial charge in [0.15, 0.2) is 34.4 Å². The van der Waals surface area contributed by atoms with E-state index in [4.69, 9.17) is 43.6 Å². The largest absolute Gasteiger partial charge is 0.358 e. The quantitative estimate of drug-likeness (QED) is 0.0722. The van der Waals surface area contributed by atoms with Gasteiger partial charge in [-0.2, -0.15) is 0 Å². The summed E-state index contributed by atoms with van der Waals surface area (Å²) in [4.78, 5) is 20.1. The summed E-state index contributed by atoms with van der Waals surface area (Å²) in [5, 5.41) is 0. The number of aromatic nitrogens is 4. The van der Waals surface area contributed by atoms with E-state index in [2.05, 4.69) is 38.1 Å². The summed E-state index contributed by atoms with van der Waals surface area (Å²) >= 11 is 0. The molecule has 0 saturated carbocycles. The fourth-order valence-corrected chi connectivity index (χ4v) is 8.20. The fourth-order valence-electron chi connectivity index (χ4n) is 8.20. The van der Waals surface area contributed by atoms with Crippen molar-refractivity contribution in [1.82, 2.24) is 19.9 Å². The minimum atomic E-state index is -1.21. The van der Waals surface area contributed by atoms with Crippen molar-refractivity contribution in [2.75, 3.05) is 13.2 Å². The van der Waals surface area contributed by atoms with E-state index < -0.39 is 35.0 Å². The Labute approximate surface area is 341 Å². The van der Waals surface area contributed by atoms with Crippen molar-refractivity contribution in [3.8, 4) is 0 Å². The van der Waals surface area contributed by atoms with E-state index in [1.165, 1.54) is 64.2 Å². The molecule has 2 fully saturated rings. The van der Waals surface area contributed by atoms with Crippen LogP contribution in [-0.4, -0.2) is 44.7 Å². The van der Waals surface area contributed by atoms with Crippen LogP contribution in [0.2, 0.25) is 0 Å². The molecule has 2 aliphatic heterocycles. The van der Waals surface area contributed by atoms with Crippen molar-refractivity contribution in [2.45, 2.75) is 166 Å². The predicted octanol–water partition coefficient (Wildman–Crippen LogP) is 11.2. The zero-order chi connectivity index (χ0) is 40.2. The van der Waals surface area contributed by atoms with Gasteiger partial charge in [-0.3, -0.25) is 0 Å². The number of hydrogen-bond donors (Lipinski definition) is 0. The molecule has 9 heteroatoms. The van der Waals surface area contributed by atoms with Crippen molar-refractivity contribution < 1.29 is 23.7 Å². The molecule has 0 radical (unpaired) electrons. The molecule has 0 amide bonds. The highest BCUT2D eigenvalue weighted by atomic mass is 16.8. The Morgan fingerprint density at radius 2 is 0.860 bits per heavy atom. The summed E-state index contributed by atoms with van der Waals surface area (Å²) < 4.78 is 34.5. The molecule has 4 aromatic rings. The van der Waals surface area contributed by atoms with Crippen LogP contribution < -0.4 is 0 Å². The van der Waals surface area contributed by atoms with Crippen molar-refractivity contribution in [3.63, 3.8) is 0 Å². The van der Waals surface area contributed by atoms with Crippen LogP contribution in [0, 0.1) is 0 Å². The van der Waals surface area contributed by atoms with E-state index in [9.17, 15) is 0 Å². The molecule has 308 valence electrons. The first-order valence-corrected chi connectivity index (χ1v) is 21.7. The van der Waals surface area contributed by atoms with Gasteiger partial charge in [-0.15, -0.1) is 0 Å². The second-order valence-electron chi connectivity index (χ2n) is 16.9. The molecule has 0 spiro atoms. The third-order valence-corrected chi connectivity index (χ3v) is 11.3. The van der Waals surface area contributed by atoms with E-state index in [1.54, 1.807) is 0 Å². The standard InChI is InChI=1S/C48H66N4O5/c1-7-9-11-13-15-19-25-37-31-49-43(50-32-37)47(35-53-45(3,4)56-47)41(39-27-21-17-22-28-39)55-42(40-29-23-18-24-30-40)48(36-54-46(5,6)57-48)44-51-33-38(34-52-44)26-20-16-14-12-10-8-2/h17-18,21-24,27-34,41-42H,7-16,19-20,25-26,35-36H2,1-6H3/t41?,42?,47-,48-/m0/s1. The Morgan fingerprint density at radius 1 is 0.509 bits per heavy atom. The minimum Gasteiger partial charge on any atom is -0.358 e. The molecule has 4 heterocycles. The first-order chi connectivity index (χ1) is 27.6. The lowest BCUT2D eigenvalue weighted by atomic mass is 9.86. The summed E-state index contributed by atoms with van der Waals surface area (Å²) in [6.45, 7) is 12.6. The van der Waals surface area contributed by atoms with Crippen LogP contribution in [0.15, 0.2) is 85.5 Å². The summed E-state index contributed by atoms with van der Waals surface area (Å²) in [5.74, 6) is -0.844. The SMILES string of the molecule is CCCCCCCCc1cnc([C@@]2(C(OC(c3ccccc3)[C@]3(c4ncc(CCCCCCCC)cn4)COC(C)(C)O3)c3ccccc3)COC(C)(C)O2)nc1. The Kier molecular flexibility index (Phi) is 15.0. The predicted molar refractivity (Wildman–Crippen MR) is 223 cm³/mol. The highest BCUT2D eigenvalue weighted by Gasteiger charge is 2.60. The van der Waals surface area contributed by atoms with Gasteiger partial charge >= 0.3 is 0 Å². The van der Waals surface area contributed by atoms with Crippen molar-refractivity contribution in [1.29, 1.82) is 0 Å². The first-order valence-electron chi connectivity index (χ1n) is 21.7. The smallest absolute Gasteiger partial charge is 0.184 e. The average molecular weight is 779 g/mol. The Hall–Kier alpha value is -3.60. The Bertz CT molecular complexity index is 1640. The van der Waals surface area contributed by atoms with Gasteiger partial charge in [0.1, 0.15) is 12.2 Å². The normalized spacial score (nSPS) is 22.4. The lowest BCUT2D eigenvalue weighted by molar-refractivity contribution is -0.247. The van der Waals surface area contributed by atoms with E-state index >= 15 is 0 Å². The maximum absolute atomic E-state index is 7.61. The molecule has 2 aromatic heterocycles. The third-order valence-electron chi connectivity index (χ3n) is 11.3. The van der Waals surface area contributed by atoms with Crippen molar-refractivity contribution >= 4 is 0 Å². The van der Waals surface area contributed by atoms with Crippen LogP contribution in [0.25, 0.3) is 0 Å². The zero-order valence-electron chi connectivity index (χ0n) is 35.4. The second-order valence-corrected chi connectivity index (χ2v) is 16.9. The summed E-state index contributed by atoms with van der Waals surface area (Å²) in [7, 11) is 0. The van der Waals surface area contributed by atoms with Crippen LogP contribution in [-0.2, 0) is 47.7 Å². The van der Waals surface area contributed by atoms with Crippen LogP contribution in [0.3, 0.4) is 0 Å². The van der Waals surface area contributed by atoms with Gasteiger partial charge in [-0.05, 0) is 75.6 Å². The molecule has 57 heavy (non-hydrogen) atoms. The number of hydrogen-bond acceptors (Lipinski definition) is 9. The maximum atomic E-state index is 7.61. The van der Waals surface area contributed by atoms with Gasteiger partial charge in [-0.25, -0.2) is 19.9 Å². The van der Waals surface area contributed by atoms with Gasteiger partial charge in [0, 0.05) is 24.8 Å². The molecular weight excluding hydrogens is 713 g/mol. The lowest BCUT2D eigenvalue weighted by Crippen LogP contribution is -2.46. The number of ether oxygens (including phenoxy) is 5. The summed E-state index contributed by atoms with van der Waals surface area (Å²) in [5.41, 5.74) is 1.57. The Balaban J connectivity index is 1.38. The number of nitrogens with zero attached hydrogens (tertiary/aromatic N) is 4. The molecule has 2 unspecified atom stereocenters. The molecular formula is C48H66N4O5. The molecule has 4 atom stereocenters. The molecule has 2 aromatic carbocycles. The number of unbranched alkanes of at least 4 members (excludes halogenated alkanes) is 10. The van der Waals surface area contributed by atoms with Crippen LogP contribution in [0.5, 0.6) is 0 Å². The third kappa shape index (κ3) is 10.9. The molecule has 0 bridgehead atoms. The van der Waals surface area contributed by atoms with E-state index in [-0.39, 0.29) is 13.2 Å². The molecule has 0 N–H and O–H groups in total. The molecule has 9 nitrogen and oxygen atoms in total. The highest BCUT2D eigenvalue weighted by Crippen LogP contribution is 2.54. The fraction of sp³-hybridized carbons (Fsp3) is 0.583. The maximum Gasteiger partial charge on any atom is 0.184 e. The van der Waals surface area contributed by atoms with E-state index in [0.717, 1.165) is 47.9 Å². The van der Waals surface area contributed by atoms with Gasteiger partial charge < -0.3 is 23.7 Å². The van der Waals surface area contributed by atoms with E-state index in [0.29, 0.717) is 11.6 Å². The number of rotatable bonds is 22. The summed E-state index contributed by atoms with van der Waals surface area (Å²) in [6.07, 6.45) is 23.0. The number of benzene rings is 2. The number of aryl methyl sites for hydroxylation is 2. The highest BCUT2D eigenvalue weighted by molar-refractivity contribution is 5.29. The lowest BCUT2D eigenvalue weighted by Gasteiger charge is -2.42. The Morgan fingerprint density at radius 3 is 1.19 bits per heavy atom. The molecule has 2 aliphatic rings. The van der Waals surface area contributed by atoms with Gasteiger partial charge in [0.2, 0.25) is 0 Å². The van der Waals surface area contributed by atoms with Gasteiger partial charge in [-0.1, -0.05) is 139 Å². The molecule has 2 saturated heterocycles. The molecule has 6 rings (SSSR count). The van der Waals surface area contributed by atoms with Gasteiger partial charge in [0.25, 0.3) is 0 Å². The van der Waals surface area contributed by atoms with Crippen LogP contribution in [0.4, 0.5) is 0 Å². The first kappa shape index (κ1) is 43.0. The average Bonchev–Trinajstić information content (AvgIpc) is 3.74. The second kappa shape index (κ2) is 19.9. The minimum absolute atomic E-state index is 0.178. The van der Waals surface area contributed by atoms with E-state index in [1.807, 2.05) is 88.9 Å². The van der Waals surface area contributed by atoms with Crippen LogP contribution >= 0.6 is 0 Å². The van der Waals surface area contributed by atoms with Crippen LogP contribution in [0.1, 0.15) is 165 Å². The summed E-state index contributed by atoms with van der Waals surface area (Å²) in [6, 6.07) is 20.3. The monoisotopic (exact) mass is 779 g/mol.